The van der Waals surface area contributed by atoms with Crippen LogP contribution in [0.3, 0.4) is 0 Å². The Morgan fingerprint density at radius 3 is 2.62 bits per heavy atom. The van der Waals surface area contributed by atoms with Crippen LogP contribution < -0.4 is 9.47 Å². The Bertz CT molecular complexity index is 1040. The third-order valence-corrected chi connectivity index (χ3v) is 5.26. The van der Waals surface area contributed by atoms with Crippen molar-refractivity contribution in [1.29, 1.82) is 0 Å². The quantitative estimate of drug-likeness (QED) is 0.529. The van der Waals surface area contributed by atoms with Crippen LogP contribution in [-0.2, 0) is 17.8 Å². The van der Waals surface area contributed by atoms with Gasteiger partial charge in [-0.05, 0) is 53.6 Å². The number of benzene rings is 2. The number of rotatable bonds is 8. The molecular formula is C25H25FN2O4. The molecule has 1 saturated heterocycles. The molecule has 2 aromatic carbocycles. The summed E-state index contributed by atoms with van der Waals surface area (Å²) in [5, 5.41) is 0. The molecule has 2 heterocycles. The highest BCUT2D eigenvalue weighted by molar-refractivity contribution is 5.94. The maximum Gasteiger partial charge on any atom is 0.254 e. The molecule has 4 rings (SSSR count). The molecule has 6 nitrogen and oxygen atoms in total. The molecular weight excluding hydrogens is 411 g/mol. The predicted octanol–water partition coefficient (Wildman–Crippen LogP) is 4.24. The molecule has 1 fully saturated rings. The van der Waals surface area contributed by atoms with Crippen LogP contribution in [0.25, 0.3) is 0 Å². The summed E-state index contributed by atoms with van der Waals surface area (Å²) in [6.07, 6.45) is 4.27. The Morgan fingerprint density at radius 2 is 1.94 bits per heavy atom. The van der Waals surface area contributed by atoms with Gasteiger partial charge in [-0.2, -0.15) is 0 Å². The zero-order valence-electron chi connectivity index (χ0n) is 17.9. The minimum atomic E-state index is -0.381. The van der Waals surface area contributed by atoms with Crippen molar-refractivity contribution < 1.29 is 23.4 Å². The SMILES string of the molecule is COc1cc(CN(Cc2cccnc2)C(=O)c2ccc(F)cc2)ccc1OC1CCOC1. The topological polar surface area (TPSA) is 60.9 Å². The fraction of sp³-hybridized carbons (Fsp3) is 0.280. The van der Waals surface area contributed by atoms with E-state index in [1.807, 2.05) is 30.3 Å². The molecule has 1 aliphatic rings. The van der Waals surface area contributed by atoms with Crippen molar-refractivity contribution in [2.45, 2.75) is 25.6 Å². The van der Waals surface area contributed by atoms with Crippen LogP contribution in [-0.4, -0.2) is 42.2 Å². The van der Waals surface area contributed by atoms with Crippen molar-refractivity contribution in [2.75, 3.05) is 20.3 Å². The lowest BCUT2D eigenvalue weighted by Crippen LogP contribution is -2.30. The van der Waals surface area contributed by atoms with Crippen molar-refractivity contribution in [2.24, 2.45) is 0 Å². The molecule has 1 unspecified atom stereocenters. The zero-order chi connectivity index (χ0) is 22.3. The Morgan fingerprint density at radius 1 is 1.12 bits per heavy atom. The standard InChI is InChI=1S/C25H25FN2O4/c1-30-24-13-18(4-9-23(24)32-22-10-12-31-17-22)15-28(16-19-3-2-11-27-14-19)25(29)20-5-7-21(26)8-6-20/h2-9,11,13-14,22H,10,12,15-17H2,1H3. The molecule has 0 radical (unpaired) electrons. The third-order valence-electron chi connectivity index (χ3n) is 5.26. The normalized spacial score (nSPS) is 15.4. The van der Waals surface area contributed by atoms with Crippen molar-refractivity contribution in [3.63, 3.8) is 0 Å². The predicted molar refractivity (Wildman–Crippen MR) is 117 cm³/mol. The smallest absolute Gasteiger partial charge is 0.254 e. The molecule has 1 aliphatic heterocycles. The second kappa shape index (κ2) is 10.2. The monoisotopic (exact) mass is 436 g/mol. The van der Waals surface area contributed by atoms with Gasteiger partial charge in [0, 0.05) is 37.5 Å². The van der Waals surface area contributed by atoms with Crippen molar-refractivity contribution >= 4 is 5.91 Å². The van der Waals surface area contributed by atoms with Gasteiger partial charge in [-0.1, -0.05) is 12.1 Å². The van der Waals surface area contributed by atoms with E-state index in [0.29, 0.717) is 43.4 Å². The molecule has 0 bridgehead atoms. The van der Waals surface area contributed by atoms with Gasteiger partial charge in [-0.15, -0.1) is 0 Å². The van der Waals surface area contributed by atoms with Gasteiger partial charge in [0.1, 0.15) is 11.9 Å². The number of hydrogen-bond acceptors (Lipinski definition) is 5. The van der Waals surface area contributed by atoms with Crippen molar-refractivity contribution in [3.8, 4) is 11.5 Å². The first-order chi connectivity index (χ1) is 15.6. The number of aromatic nitrogens is 1. The van der Waals surface area contributed by atoms with Crippen LogP contribution in [0.1, 0.15) is 27.9 Å². The van der Waals surface area contributed by atoms with E-state index in [1.165, 1.54) is 24.3 Å². The van der Waals surface area contributed by atoms with Gasteiger partial charge in [-0.3, -0.25) is 9.78 Å². The molecule has 7 heteroatoms. The van der Waals surface area contributed by atoms with Crippen LogP contribution in [0.5, 0.6) is 11.5 Å². The van der Waals surface area contributed by atoms with Gasteiger partial charge in [0.05, 0.1) is 20.3 Å². The molecule has 0 saturated carbocycles. The number of pyridine rings is 1. The summed E-state index contributed by atoms with van der Waals surface area (Å²) in [4.78, 5) is 19.1. The number of carbonyl (C=O) groups is 1. The minimum Gasteiger partial charge on any atom is -0.493 e. The maximum atomic E-state index is 13.3. The lowest BCUT2D eigenvalue weighted by atomic mass is 10.1. The second-order valence-corrected chi connectivity index (χ2v) is 7.62. The maximum absolute atomic E-state index is 13.3. The summed E-state index contributed by atoms with van der Waals surface area (Å²) in [6, 6.07) is 15.0. The number of methoxy groups -OCH3 is 1. The van der Waals surface area contributed by atoms with Gasteiger partial charge in [0.15, 0.2) is 11.5 Å². The average molecular weight is 436 g/mol. The lowest BCUT2D eigenvalue weighted by Gasteiger charge is -2.24. The van der Waals surface area contributed by atoms with E-state index < -0.39 is 0 Å². The summed E-state index contributed by atoms with van der Waals surface area (Å²) in [5.74, 6) is 0.671. The fourth-order valence-electron chi connectivity index (χ4n) is 3.60. The summed E-state index contributed by atoms with van der Waals surface area (Å²) in [7, 11) is 1.59. The van der Waals surface area contributed by atoms with Crippen LogP contribution in [0.2, 0.25) is 0 Å². The highest BCUT2D eigenvalue weighted by Gasteiger charge is 2.21. The van der Waals surface area contributed by atoms with Gasteiger partial charge < -0.3 is 19.1 Å². The van der Waals surface area contributed by atoms with E-state index in [9.17, 15) is 9.18 Å². The zero-order valence-corrected chi connectivity index (χ0v) is 17.9. The number of halogens is 1. The van der Waals surface area contributed by atoms with Crippen LogP contribution in [0.4, 0.5) is 4.39 Å². The number of nitrogens with zero attached hydrogens (tertiary/aromatic N) is 2. The van der Waals surface area contributed by atoms with Crippen LogP contribution in [0.15, 0.2) is 67.0 Å². The van der Waals surface area contributed by atoms with Crippen molar-refractivity contribution in [1.82, 2.24) is 9.88 Å². The van der Waals surface area contributed by atoms with Crippen LogP contribution in [0, 0.1) is 5.82 Å². The molecule has 1 atom stereocenters. The van der Waals surface area contributed by atoms with Gasteiger partial charge in [0.25, 0.3) is 5.91 Å². The van der Waals surface area contributed by atoms with E-state index >= 15 is 0 Å². The second-order valence-electron chi connectivity index (χ2n) is 7.62. The summed E-state index contributed by atoms with van der Waals surface area (Å²) >= 11 is 0. The highest BCUT2D eigenvalue weighted by Crippen LogP contribution is 2.31. The first-order valence-corrected chi connectivity index (χ1v) is 10.5. The Hall–Kier alpha value is -3.45. The van der Waals surface area contributed by atoms with Crippen molar-refractivity contribution in [3.05, 3.63) is 89.5 Å². The molecule has 3 aromatic rings. The van der Waals surface area contributed by atoms with Crippen LogP contribution >= 0.6 is 0 Å². The van der Waals surface area contributed by atoms with E-state index in [2.05, 4.69) is 4.98 Å². The first-order valence-electron chi connectivity index (χ1n) is 10.5. The summed E-state index contributed by atoms with van der Waals surface area (Å²) in [6.45, 7) is 1.97. The minimum absolute atomic E-state index is 0.0110. The summed E-state index contributed by atoms with van der Waals surface area (Å²) < 4.78 is 30.3. The molecule has 1 aromatic heterocycles. The Labute approximate surface area is 186 Å². The van der Waals surface area contributed by atoms with E-state index in [-0.39, 0.29) is 17.8 Å². The van der Waals surface area contributed by atoms with E-state index in [1.54, 1.807) is 24.4 Å². The molecule has 0 spiro atoms. The number of carbonyl (C=O) groups excluding carboxylic acids is 1. The molecule has 166 valence electrons. The Balaban J connectivity index is 1.56. The molecule has 0 aliphatic carbocycles. The molecule has 32 heavy (non-hydrogen) atoms. The fourth-order valence-corrected chi connectivity index (χ4v) is 3.60. The van der Waals surface area contributed by atoms with E-state index in [0.717, 1.165) is 17.5 Å². The number of amides is 1. The molecule has 1 amide bonds. The van der Waals surface area contributed by atoms with Gasteiger partial charge in [0.2, 0.25) is 0 Å². The average Bonchev–Trinajstić information content (AvgIpc) is 3.33. The van der Waals surface area contributed by atoms with E-state index in [4.69, 9.17) is 14.2 Å². The van der Waals surface area contributed by atoms with Gasteiger partial charge >= 0.3 is 0 Å². The van der Waals surface area contributed by atoms with Gasteiger partial charge in [-0.25, -0.2) is 4.39 Å². The third kappa shape index (κ3) is 5.42. The molecule has 0 N–H and O–H groups in total. The number of hydrogen-bond donors (Lipinski definition) is 0. The first kappa shape index (κ1) is 21.8. The summed E-state index contributed by atoms with van der Waals surface area (Å²) in [5.41, 5.74) is 2.20. The number of ether oxygens (including phenoxy) is 3. The Kier molecular flexibility index (Phi) is 6.97. The lowest BCUT2D eigenvalue weighted by molar-refractivity contribution is 0.0729. The highest BCUT2D eigenvalue weighted by atomic mass is 19.1. The largest absolute Gasteiger partial charge is 0.493 e.